The van der Waals surface area contributed by atoms with Crippen LogP contribution in [0.4, 0.5) is 22.0 Å². The van der Waals surface area contributed by atoms with Gasteiger partial charge in [0.05, 0.1) is 12.0 Å². The van der Waals surface area contributed by atoms with Crippen molar-refractivity contribution in [3.05, 3.63) is 29.3 Å². The lowest BCUT2D eigenvalue weighted by atomic mass is 9.55. The molecule has 0 spiro atoms. The smallest absolute Gasteiger partial charge is 0.453 e. The maximum atomic E-state index is 12.7. The first-order valence-electron chi connectivity index (χ1n) is 15.9. The Bertz CT molecular complexity index is 1010. The van der Waals surface area contributed by atoms with E-state index >= 15 is 0 Å². The van der Waals surface area contributed by atoms with E-state index in [0.717, 1.165) is 57.3 Å². The molecule has 0 heterocycles. The van der Waals surface area contributed by atoms with Gasteiger partial charge in [0.25, 0.3) is 0 Å². The van der Waals surface area contributed by atoms with Gasteiger partial charge in [-0.05, 0) is 104 Å². The number of unbranched alkanes of at least 4 members (excludes halogenated alkanes) is 5. The Labute approximate surface area is 247 Å². The minimum Gasteiger partial charge on any atom is -0.508 e. The number of hydrogen-bond donors (Lipinski definition) is 3. The van der Waals surface area contributed by atoms with Crippen molar-refractivity contribution >= 4 is 5.97 Å². The number of carboxylic acids is 1. The summed E-state index contributed by atoms with van der Waals surface area (Å²) in [6.45, 7) is 4.40. The van der Waals surface area contributed by atoms with Gasteiger partial charge in [0.2, 0.25) is 0 Å². The highest BCUT2D eigenvalue weighted by molar-refractivity contribution is 5.69. The Kier molecular flexibility index (Phi) is 12.1. The third-order valence-corrected chi connectivity index (χ3v) is 10.4. The Balaban J connectivity index is 0.000000230. The molecule has 240 valence electrons. The Morgan fingerprint density at radius 1 is 0.976 bits per heavy atom. The summed E-state index contributed by atoms with van der Waals surface area (Å²) in [6, 6.07) is 5.96. The first kappa shape index (κ1) is 34.6. The Morgan fingerprint density at radius 2 is 1.64 bits per heavy atom. The van der Waals surface area contributed by atoms with E-state index in [1.54, 1.807) is 0 Å². The number of carboxylic acid groups (broad SMARTS) is 1. The van der Waals surface area contributed by atoms with Crippen LogP contribution in [-0.4, -0.2) is 39.5 Å². The molecule has 4 rings (SSSR count). The summed E-state index contributed by atoms with van der Waals surface area (Å²) < 4.78 is 61.5. The van der Waals surface area contributed by atoms with Crippen LogP contribution in [0, 0.1) is 23.2 Å². The number of rotatable bonds is 12. The lowest BCUT2D eigenvalue weighted by Crippen LogP contribution is -2.43. The fourth-order valence-electron chi connectivity index (χ4n) is 7.82. The molecule has 42 heavy (non-hydrogen) atoms. The molecule has 2 saturated carbocycles. The topological polar surface area (TPSA) is 77.8 Å². The monoisotopic (exact) mass is 604 g/mol. The van der Waals surface area contributed by atoms with Crippen molar-refractivity contribution in [3.63, 3.8) is 0 Å². The number of aliphatic carboxylic acids is 1. The molecular formula is C33H49F5O4. The van der Waals surface area contributed by atoms with Crippen LogP contribution < -0.4 is 0 Å². The third kappa shape index (κ3) is 8.38. The van der Waals surface area contributed by atoms with Gasteiger partial charge in [-0.1, -0.05) is 58.4 Å². The molecule has 6 atom stereocenters. The largest absolute Gasteiger partial charge is 0.508 e. The van der Waals surface area contributed by atoms with Gasteiger partial charge in [-0.15, -0.1) is 0 Å². The normalized spacial score (nSPS) is 27.7. The average molecular weight is 605 g/mol. The molecule has 0 bridgehead atoms. The van der Waals surface area contributed by atoms with E-state index in [1.165, 1.54) is 30.4 Å². The lowest BCUT2D eigenvalue weighted by Gasteiger charge is -2.50. The summed E-state index contributed by atoms with van der Waals surface area (Å²) in [5.41, 5.74) is 2.99. The molecule has 0 saturated heterocycles. The number of carbonyl (C=O) groups is 1. The van der Waals surface area contributed by atoms with E-state index in [9.17, 15) is 37.0 Å². The van der Waals surface area contributed by atoms with Crippen molar-refractivity contribution in [3.8, 4) is 5.75 Å². The summed E-state index contributed by atoms with van der Waals surface area (Å²) >= 11 is 0. The van der Waals surface area contributed by atoms with Gasteiger partial charge in [-0.25, -0.2) is 0 Å². The number of aromatic hydroxyl groups is 1. The summed E-state index contributed by atoms with van der Waals surface area (Å²) in [5, 5.41) is 29.0. The van der Waals surface area contributed by atoms with Crippen LogP contribution in [-0.2, 0) is 11.2 Å². The summed E-state index contributed by atoms with van der Waals surface area (Å²) in [4.78, 5) is 11.0. The molecule has 2 fully saturated rings. The molecule has 0 aliphatic heterocycles. The first-order chi connectivity index (χ1) is 19.7. The van der Waals surface area contributed by atoms with E-state index in [-0.39, 0.29) is 17.9 Å². The number of aliphatic hydroxyl groups is 1. The van der Waals surface area contributed by atoms with Crippen molar-refractivity contribution < 1.29 is 42.1 Å². The maximum Gasteiger partial charge on any atom is 0.453 e. The number of aliphatic hydroxyl groups excluding tert-OH is 1. The molecular weight excluding hydrogens is 555 g/mol. The number of aryl methyl sites for hydroxylation is 1. The Morgan fingerprint density at radius 3 is 2.31 bits per heavy atom. The number of fused-ring (bicyclic) bond motifs is 5. The summed E-state index contributed by atoms with van der Waals surface area (Å²) in [5.74, 6) is -4.21. The zero-order valence-corrected chi connectivity index (χ0v) is 25.1. The number of halogens is 5. The standard InChI is InChI=1S/C18H24O2.C15H25F5O2/c1-18-9-8-14-13-5-3-12(19)10-11(13)2-4-15(14)16(18)6-7-17(18)20;1-2-3-4-5-6-7-9-12(13(21)22)10-8-11-14(16,17)15(18,19)20/h3,5,10,14-17,19-20H,2,4,6-9H2,1H3;12H,2-11H2,1H3,(H,21,22). The molecule has 6 unspecified atom stereocenters. The fraction of sp³-hybridized carbons (Fsp3) is 0.788. The van der Waals surface area contributed by atoms with Gasteiger partial charge < -0.3 is 15.3 Å². The summed E-state index contributed by atoms with van der Waals surface area (Å²) in [6.07, 6.45) is 5.43. The van der Waals surface area contributed by atoms with E-state index < -0.39 is 36.8 Å². The molecule has 0 radical (unpaired) electrons. The quantitative estimate of drug-likeness (QED) is 0.164. The van der Waals surface area contributed by atoms with Crippen molar-refractivity contribution in [2.24, 2.45) is 23.2 Å². The van der Waals surface area contributed by atoms with Gasteiger partial charge >= 0.3 is 18.1 Å². The van der Waals surface area contributed by atoms with Crippen LogP contribution >= 0.6 is 0 Å². The fourth-order valence-corrected chi connectivity index (χ4v) is 7.82. The molecule has 3 aliphatic carbocycles. The molecule has 1 aromatic rings. The second-order valence-electron chi connectivity index (χ2n) is 13.1. The molecule has 0 aromatic heterocycles. The van der Waals surface area contributed by atoms with Crippen LogP contribution in [0.1, 0.15) is 127 Å². The van der Waals surface area contributed by atoms with Crippen LogP contribution in [0.2, 0.25) is 0 Å². The van der Waals surface area contributed by atoms with Crippen molar-refractivity contribution in [1.29, 1.82) is 0 Å². The van der Waals surface area contributed by atoms with Crippen molar-refractivity contribution in [2.45, 2.75) is 141 Å². The van der Waals surface area contributed by atoms with E-state index in [1.807, 2.05) is 12.1 Å². The maximum absolute atomic E-state index is 12.7. The number of hydrogen-bond acceptors (Lipinski definition) is 3. The summed E-state index contributed by atoms with van der Waals surface area (Å²) in [7, 11) is 0. The van der Waals surface area contributed by atoms with Gasteiger partial charge in [0.15, 0.2) is 0 Å². The minimum atomic E-state index is -5.56. The third-order valence-electron chi connectivity index (χ3n) is 10.4. The second-order valence-corrected chi connectivity index (χ2v) is 13.1. The highest BCUT2D eigenvalue weighted by Crippen LogP contribution is 2.60. The average Bonchev–Trinajstić information content (AvgIpc) is 3.23. The van der Waals surface area contributed by atoms with Gasteiger partial charge in [0.1, 0.15) is 5.75 Å². The lowest BCUT2D eigenvalue weighted by molar-refractivity contribution is -0.284. The van der Waals surface area contributed by atoms with Crippen LogP contribution in [0.15, 0.2) is 18.2 Å². The molecule has 3 aliphatic rings. The molecule has 0 amide bonds. The first-order valence-corrected chi connectivity index (χ1v) is 15.9. The second kappa shape index (κ2) is 14.7. The SMILES string of the molecule is CC12CCC3c4ccc(O)cc4CCC3C1CCC2O.CCCCCCCCC(CCCC(F)(F)C(F)(F)F)C(=O)O. The van der Waals surface area contributed by atoms with E-state index in [4.69, 9.17) is 5.11 Å². The predicted molar refractivity (Wildman–Crippen MR) is 153 cm³/mol. The highest BCUT2D eigenvalue weighted by atomic mass is 19.4. The van der Waals surface area contributed by atoms with Gasteiger partial charge in [-0.3, -0.25) is 4.79 Å². The molecule has 3 N–H and O–H groups in total. The van der Waals surface area contributed by atoms with Crippen LogP contribution in [0.5, 0.6) is 5.75 Å². The highest BCUT2D eigenvalue weighted by Gasteiger charge is 2.56. The number of phenolic OH excluding ortho intramolecular Hbond substituents is 1. The number of benzene rings is 1. The zero-order chi connectivity index (χ0) is 31.1. The van der Waals surface area contributed by atoms with Gasteiger partial charge in [-0.2, -0.15) is 22.0 Å². The van der Waals surface area contributed by atoms with E-state index in [2.05, 4.69) is 19.9 Å². The zero-order valence-electron chi connectivity index (χ0n) is 25.1. The van der Waals surface area contributed by atoms with Crippen molar-refractivity contribution in [1.82, 2.24) is 0 Å². The molecule has 1 aromatic carbocycles. The molecule has 9 heteroatoms. The minimum absolute atomic E-state index is 0.0883. The van der Waals surface area contributed by atoms with Gasteiger partial charge in [0, 0.05) is 6.42 Å². The van der Waals surface area contributed by atoms with Crippen LogP contribution in [0.3, 0.4) is 0 Å². The number of phenols is 1. The number of alkyl halides is 5. The predicted octanol–water partition coefficient (Wildman–Crippen LogP) is 9.41. The Hall–Kier alpha value is -1.90. The molecule has 4 nitrogen and oxygen atoms in total. The van der Waals surface area contributed by atoms with E-state index in [0.29, 0.717) is 30.4 Å². The van der Waals surface area contributed by atoms with Crippen molar-refractivity contribution in [2.75, 3.05) is 0 Å². The van der Waals surface area contributed by atoms with Crippen LogP contribution in [0.25, 0.3) is 0 Å².